The topological polar surface area (TPSA) is 80.3 Å². The summed E-state index contributed by atoms with van der Waals surface area (Å²) in [6.45, 7) is 0.551. The number of hydrogen-bond acceptors (Lipinski definition) is 4. The Morgan fingerprint density at radius 1 is 0.957 bits per heavy atom. The Kier molecular flexibility index (Phi) is 6.59. The first-order chi connectivity index (χ1) is 11.2. The molecule has 1 aromatic carbocycles. The number of ether oxygens (including phenoxy) is 1. The highest BCUT2D eigenvalue weighted by atomic mass is 16.5. The molecule has 0 saturated heterocycles. The third kappa shape index (κ3) is 6.60. The van der Waals surface area contributed by atoms with Gasteiger partial charge in [0, 0.05) is 6.20 Å². The predicted molar refractivity (Wildman–Crippen MR) is 85.6 cm³/mol. The van der Waals surface area contributed by atoms with Gasteiger partial charge in [-0.15, -0.1) is 0 Å². The summed E-state index contributed by atoms with van der Waals surface area (Å²) in [7, 11) is 0. The molecule has 0 aliphatic carbocycles. The van der Waals surface area contributed by atoms with E-state index in [2.05, 4.69) is 15.6 Å². The van der Waals surface area contributed by atoms with Gasteiger partial charge in [0.05, 0.1) is 31.8 Å². The maximum Gasteiger partial charge on any atom is 0.239 e. The van der Waals surface area contributed by atoms with Gasteiger partial charge in [0.1, 0.15) is 5.75 Å². The van der Waals surface area contributed by atoms with Gasteiger partial charge < -0.3 is 15.4 Å². The fraction of sp³-hybridized carbons (Fsp3) is 0.235. The largest absolute Gasteiger partial charge is 0.493 e. The first kappa shape index (κ1) is 16.5. The maximum atomic E-state index is 11.6. The number of aromatic nitrogens is 1. The van der Waals surface area contributed by atoms with Gasteiger partial charge in [0.15, 0.2) is 0 Å². The third-order valence-electron chi connectivity index (χ3n) is 2.98. The molecule has 6 heteroatoms. The lowest BCUT2D eigenvalue weighted by atomic mass is 10.3. The maximum absolute atomic E-state index is 11.6. The van der Waals surface area contributed by atoms with Crippen LogP contribution in [0.4, 0.5) is 0 Å². The van der Waals surface area contributed by atoms with Crippen molar-refractivity contribution in [1.29, 1.82) is 0 Å². The number of carbonyl (C=O) groups is 2. The summed E-state index contributed by atoms with van der Waals surface area (Å²) in [6, 6.07) is 14.7. The average Bonchev–Trinajstić information content (AvgIpc) is 2.60. The van der Waals surface area contributed by atoms with Gasteiger partial charge in [0.2, 0.25) is 11.8 Å². The Bertz CT molecular complexity index is 617. The van der Waals surface area contributed by atoms with Gasteiger partial charge in [-0.05, 0) is 24.3 Å². The molecule has 0 aliphatic rings. The SMILES string of the molecule is O=C(CCOc1ccccc1)NCC(=O)NCc1ccccn1. The van der Waals surface area contributed by atoms with Gasteiger partial charge in [-0.3, -0.25) is 14.6 Å². The van der Waals surface area contributed by atoms with E-state index in [1.165, 1.54) is 0 Å². The molecule has 6 nitrogen and oxygen atoms in total. The Morgan fingerprint density at radius 3 is 2.48 bits per heavy atom. The van der Waals surface area contributed by atoms with E-state index in [0.29, 0.717) is 12.3 Å². The summed E-state index contributed by atoms with van der Waals surface area (Å²) in [4.78, 5) is 27.4. The van der Waals surface area contributed by atoms with Crippen molar-refractivity contribution < 1.29 is 14.3 Å². The molecule has 0 radical (unpaired) electrons. The van der Waals surface area contributed by atoms with Crippen LogP contribution in [0, 0.1) is 0 Å². The van der Waals surface area contributed by atoms with E-state index in [0.717, 1.165) is 5.69 Å². The Balaban J connectivity index is 1.57. The number of para-hydroxylation sites is 1. The van der Waals surface area contributed by atoms with Crippen LogP contribution in [0.2, 0.25) is 0 Å². The molecule has 0 saturated carbocycles. The van der Waals surface area contributed by atoms with Gasteiger partial charge in [-0.1, -0.05) is 24.3 Å². The molecule has 2 aromatic rings. The molecule has 2 rings (SSSR count). The molecule has 0 fully saturated rings. The van der Waals surface area contributed by atoms with Gasteiger partial charge >= 0.3 is 0 Å². The second-order valence-electron chi connectivity index (χ2n) is 4.79. The van der Waals surface area contributed by atoms with E-state index in [4.69, 9.17) is 4.74 Å². The highest BCUT2D eigenvalue weighted by molar-refractivity contribution is 5.84. The number of hydrogen-bond donors (Lipinski definition) is 2. The van der Waals surface area contributed by atoms with Gasteiger partial charge in [-0.25, -0.2) is 0 Å². The molecular formula is C17H19N3O3. The Hall–Kier alpha value is -2.89. The molecular weight excluding hydrogens is 294 g/mol. The number of nitrogens with zero attached hydrogens (tertiary/aromatic N) is 1. The van der Waals surface area contributed by atoms with Gasteiger partial charge in [0.25, 0.3) is 0 Å². The second kappa shape index (κ2) is 9.19. The molecule has 23 heavy (non-hydrogen) atoms. The van der Waals surface area contributed by atoms with Crippen molar-refractivity contribution >= 4 is 11.8 Å². The van der Waals surface area contributed by atoms with E-state index >= 15 is 0 Å². The van der Waals surface area contributed by atoms with Crippen LogP contribution >= 0.6 is 0 Å². The van der Waals surface area contributed by atoms with Crippen molar-refractivity contribution in [3.05, 3.63) is 60.4 Å². The van der Waals surface area contributed by atoms with Crippen LogP contribution in [0.15, 0.2) is 54.7 Å². The minimum atomic E-state index is -0.256. The Labute approximate surface area is 134 Å². The summed E-state index contributed by atoms with van der Waals surface area (Å²) in [6.07, 6.45) is 1.86. The van der Waals surface area contributed by atoms with Gasteiger partial charge in [-0.2, -0.15) is 0 Å². The predicted octanol–water partition coefficient (Wildman–Crippen LogP) is 1.28. The lowest BCUT2D eigenvalue weighted by molar-refractivity contribution is -0.126. The minimum absolute atomic E-state index is 0.0585. The lowest BCUT2D eigenvalue weighted by Crippen LogP contribution is -2.37. The number of nitrogens with one attached hydrogen (secondary N) is 2. The summed E-state index contributed by atoms with van der Waals surface area (Å²) in [5.41, 5.74) is 0.767. The summed E-state index contributed by atoms with van der Waals surface area (Å²) >= 11 is 0. The van der Waals surface area contributed by atoms with Crippen molar-refractivity contribution in [3.63, 3.8) is 0 Å². The molecule has 0 aliphatic heterocycles. The van der Waals surface area contributed by atoms with Crippen molar-refractivity contribution in [1.82, 2.24) is 15.6 Å². The monoisotopic (exact) mass is 313 g/mol. The highest BCUT2D eigenvalue weighted by Gasteiger charge is 2.06. The van der Waals surface area contributed by atoms with Crippen LogP contribution in [0.1, 0.15) is 12.1 Å². The van der Waals surface area contributed by atoms with Crippen molar-refractivity contribution in [2.45, 2.75) is 13.0 Å². The normalized spacial score (nSPS) is 9.91. The van der Waals surface area contributed by atoms with E-state index in [-0.39, 0.29) is 31.4 Å². The van der Waals surface area contributed by atoms with Crippen molar-refractivity contribution in [2.75, 3.05) is 13.2 Å². The van der Waals surface area contributed by atoms with Crippen LogP contribution < -0.4 is 15.4 Å². The number of pyridine rings is 1. The van der Waals surface area contributed by atoms with Crippen LogP contribution in [-0.2, 0) is 16.1 Å². The summed E-state index contributed by atoms with van der Waals surface area (Å²) in [5, 5.41) is 5.24. The highest BCUT2D eigenvalue weighted by Crippen LogP contribution is 2.08. The summed E-state index contributed by atoms with van der Waals surface area (Å²) < 4.78 is 5.42. The molecule has 0 spiro atoms. The van der Waals surface area contributed by atoms with Crippen LogP contribution in [0.3, 0.4) is 0 Å². The van der Waals surface area contributed by atoms with Crippen LogP contribution in [0.25, 0.3) is 0 Å². The fourth-order valence-corrected chi connectivity index (χ4v) is 1.80. The minimum Gasteiger partial charge on any atom is -0.493 e. The first-order valence-corrected chi connectivity index (χ1v) is 7.35. The van der Waals surface area contributed by atoms with E-state index in [1.54, 1.807) is 6.20 Å². The first-order valence-electron chi connectivity index (χ1n) is 7.35. The number of amides is 2. The molecule has 1 aromatic heterocycles. The third-order valence-corrected chi connectivity index (χ3v) is 2.98. The zero-order chi connectivity index (χ0) is 16.3. The zero-order valence-corrected chi connectivity index (χ0v) is 12.7. The lowest BCUT2D eigenvalue weighted by Gasteiger charge is -2.08. The van der Waals surface area contributed by atoms with Crippen molar-refractivity contribution in [3.8, 4) is 5.75 Å². The molecule has 120 valence electrons. The van der Waals surface area contributed by atoms with E-state index in [9.17, 15) is 9.59 Å². The second-order valence-corrected chi connectivity index (χ2v) is 4.79. The quantitative estimate of drug-likeness (QED) is 0.769. The van der Waals surface area contributed by atoms with Crippen LogP contribution in [0.5, 0.6) is 5.75 Å². The zero-order valence-electron chi connectivity index (χ0n) is 12.7. The molecule has 1 heterocycles. The molecule has 0 bridgehead atoms. The Morgan fingerprint density at radius 2 is 1.74 bits per heavy atom. The fourth-order valence-electron chi connectivity index (χ4n) is 1.80. The number of rotatable bonds is 8. The molecule has 0 atom stereocenters. The van der Waals surface area contributed by atoms with Crippen molar-refractivity contribution in [2.24, 2.45) is 0 Å². The number of benzene rings is 1. The number of carbonyl (C=O) groups excluding carboxylic acids is 2. The van der Waals surface area contributed by atoms with Crippen LogP contribution in [-0.4, -0.2) is 29.9 Å². The average molecular weight is 313 g/mol. The molecule has 2 amide bonds. The molecule has 0 unspecified atom stereocenters. The van der Waals surface area contributed by atoms with E-state index < -0.39 is 0 Å². The smallest absolute Gasteiger partial charge is 0.239 e. The molecule has 2 N–H and O–H groups in total. The summed E-state index contributed by atoms with van der Waals surface area (Å²) in [5.74, 6) is 0.232. The standard InChI is InChI=1S/C17H19N3O3/c21-16(9-11-23-15-7-2-1-3-8-15)20-13-17(22)19-12-14-6-4-5-10-18-14/h1-8,10H,9,11-13H2,(H,19,22)(H,20,21). The van der Waals surface area contributed by atoms with E-state index in [1.807, 2.05) is 48.5 Å².